The number of nitro groups is 1. The van der Waals surface area contributed by atoms with Crippen LogP contribution in [0.15, 0.2) is 12.1 Å². The van der Waals surface area contributed by atoms with Gasteiger partial charge in [0.15, 0.2) is 0 Å². The van der Waals surface area contributed by atoms with Crippen molar-refractivity contribution in [1.82, 2.24) is 4.98 Å². The Balaban J connectivity index is 2.73. The largest absolute Gasteiger partial charge is 0.383 e. The van der Waals surface area contributed by atoms with Gasteiger partial charge in [0.05, 0.1) is 29.8 Å². The number of ether oxygens (including phenoxy) is 1. The van der Waals surface area contributed by atoms with Crippen molar-refractivity contribution in [3.63, 3.8) is 0 Å². The van der Waals surface area contributed by atoms with Gasteiger partial charge < -0.3 is 15.4 Å². The van der Waals surface area contributed by atoms with Crippen LogP contribution in [-0.4, -0.2) is 36.2 Å². The molecule has 0 aliphatic rings. The van der Waals surface area contributed by atoms with Gasteiger partial charge >= 0.3 is 0 Å². The molecule has 0 saturated heterocycles. The van der Waals surface area contributed by atoms with Gasteiger partial charge in [0, 0.05) is 13.6 Å². The molecule has 7 nitrogen and oxygen atoms in total. The summed E-state index contributed by atoms with van der Waals surface area (Å²) < 4.78 is 5.41. The van der Waals surface area contributed by atoms with Crippen molar-refractivity contribution in [1.29, 1.82) is 0 Å². The van der Waals surface area contributed by atoms with E-state index in [0.29, 0.717) is 19.0 Å². The fourth-order valence-electron chi connectivity index (χ4n) is 1.36. The topological polar surface area (TPSA) is 94.5 Å². The van der Waals surface area contributed by atoms with E-state index in [-0.39, 0.29) is 17.6 Å². The highest BCUT2D eigenvalue weighted by molar-refractivity contribution is 5.53. The molecule has 100 valence electrons. The number of rotatable bonds is 6. The first kappa shape index (κ1) is 14.2. The van der Waals surface area contributed by atoms with Crippen LogP contribution in [0.3, 0.4) is 0 Å². The first-order valence-electron chi connectivity index (χ1n) is 5.65. The SMILES string of the molecule is CC(C)OCCN(C)c1cc([N+](=O)[O-])cc(N)n1. The van der Waals surface area contributed by atoms with Crippen molar-refractivity contribution >= 4 is 17.3 Å². The Hall–Kier alpha value is -1.89. The third kappa shape index (κ3) is 4.17. The van der Waals surface area contributed by atoms with Crippen molar-refractivity contribution in [2.45, 2.75) is 20.0 Å². The highest BCUT2D eigenvalue weighted by Gasteiger charge is 2.12. The van der Waals surface area contributed by atoms with Gasteiger partial charge in [-0.2, -0.15) is 0 Å². The third-order valence-corrected chi connectivity index (χ3v) is 2.30. The summed E-state index contributed by atoms with van der Waals surface area (Å²) in [4.78, 5) is 16.1. The molecular weight excluding hydrogens is 236 g/mol. The van der Waals surface area contributed by atoms with Crippen LogP contribution < -0.4 is 10.6 Å². The third-order valence-electron chi connectivity index (χ3n) is 2.30. The molecule has 0 saturated carbocycles. The Bertz CT molecular complexity index is 423. The summed E-state index contributed by atoms with van der Waals surface area (Å²) >= 11 is 0. The Labute approximate surface area is 106 Å². The lowest BCUT2D eigenvalue weighted by Gasteiger charge is -2.19. The Morgan fingerprint density at radius 2 is 2.22 bits per heavy atom. The van der Waals surface area contributed by atoms with E-state index in [1.807, 2.05) is 13.8 Å². The lowest BCUT2D eigenvalue weighted by molar-refractivity contribution is -0.384. The molecule has 0 spiro atoms. The van der Waals surface area contributed by atoms with E-state index in [2.05, 4.69) is 4.98 Å². The second-order valence-electron chi connectivity index (χ2n) is 4.21. The average Bonchev–Trinajstić information content (AvgIpc) is 2.27. The second kappa shape index (κ2) is 6.15. The molecule has 0 amide bonds. The average molecular weight is 254 g/mol. The quantitative estimate of drug-likeness (QED) is 0.609. The van der Waals surface area contributed by atoms with Crippen molar-refractivity contribution in [2.75, 3.05) is 30.8 Å². The Morgan fingerprint density at radius 3 is 2.78 bits per heavy atom. The van der Waals surface area contributed by atoms with Gasteiger partial charge in [0.2, 0.25) is 0 Å². The molecule has 0 fully saturated rings. The molecule has 1 aromatic rings. The fraction of sp³-hybridized carbons (Fsp3) is 0.545. The van der Waals surface area contributed by atoms with Crippen LogP contribution in [0.25, 0.3) is 0 Å². The number of nitrogen functional groups attached to an aromatic ring is 1. The van der Waals surface area contributed by atoms with Crippen LogP contribution in [0.4, 0.5) is 17.3 Å². The molecule has 0 aromatic carbocycles. The van der Waals surface area contributed by atoms with E-state index in [0.717, 1.165) is 0 Å². The fourth-order valence-corrected chi connectivity index (χ4v) is 1.36. The lowest BCUT2D eigenvalue weighted by atomic mass is 10.3. The van der Waals surface area contributed by atoms with E-state index >= 15 is 0 Å². The molecular formula is C11H18N4O3. The van der Waals surface area contributed by atoms with Gasteiger partial charge in [0.1, 0.15) is 11.6 Å². The predicted molar refractivity (Wildman–Crippen MR) is 69.7 cm³/mol. The summed E-state index contributed by atoms with van der Waals surface area (Å²) in [6, 6.07) is 2.63. The highest BCUT2D eigenvalue weighted by Crippen LogP contribution is 2.20. The molecule has 1 aromatic heterocycles. The van der Waals surface area contributed by atoms with Gasteiger partial charge in [-0.3, -0.25) is 10.1 Å². The van der Waals surface area contributed by atoms with Crippen LogP contribution in [-0.2, 0) is 4.74 Å². The number of hydrogen-bond donors (Lipinski definition) is 1. The van der Waals surface area contributed by atoms with Crippen LogP contribution in [0.5, 0.6) is 0 Å². The molecule has 1 heterocycles. The summed E-state index contributed by atoms with van der Waals surface area (Å²) in [5.41, 5.74) is 5.48. The minimum atomic E-state index is -0.486. The molecule has 2 N–H and O–H groups in total. The van der Waals surface area contributed by atoms with Crippen molar-refractivity contribution in [3.8, 4) is 0 Å². The zero-order chi connectivity index (χ0) is 13.7. The summed E-state index contributed by atoms with van der Waals surface area (Å²) in [6.07, 6.45) is 0.154. The summed E-state index contributed by atoms with van der Waals surface area (Å²) in [5, 5.41) is 10.7. The van der Waals surface area contributed by atoms with Crippen LogP contribution in [0.2, 0.25) is 0 Å². The summed E-state index contributed by atoms with van der Waals surface area (Å²) in [6.45, 7) is 5.01. The number of likely N-dealkylation sites (N-methyl/N-ethyl adjacent to an activating group) is 1. The van der Waals surface area contributed by atoms with Gasteiger partial charge in [-0.05, 0) is 13.8 Å². The monoisotopic (exact) mass is 254 g/mol. The van der Waals surface area contributed by atoms with E-state index in [1.54, 1.807) is 11.9 Å². The number of nitrogens with zero attached hydrogens (tertiary/aromatic N) is 3. The molecule has 0 radical (unpaired) electrons. The number of nitrogens with two attached hydrogens (primary N) is 1. The number of aromatic nitrogens is 1. The molecule has 0 bridgehead atoms. The maximum absolute atomic E-state index is 10.7. The molecule has 0 unspecified atom stereocenters. The number of anilines is 2. The van der Waals surface area contributed by atoms with Crippen molar-refractivity contribution in [2.24, 2.45) is 0 Å². The highest BCUT2D eigenvalue weighted by atomic mass is 16.6. The van der Waals surface area contributed by atoms with Gasteiger partial charge in [0.25, 0.3) is 5.69 Å². The van der Waals surface area contributed by atoms with Crippen molar-refractivity contribution < 1.29 is 9.66 Å². The lowest BCUT2D eigenvalue weighted by Crippen LogP contribution is -2.25. The first-order chi connectivity index (χ1) is 8.40. The zero-order valence-electron chi connectivity index (χ0n) is 10.8. The Kier molecular flexibility index (Phi) is 4.85. The number of hydrogen-bond acceptors (Lipinski definition) is 6. The minimum Gasteiger partial charge on any atom is -0.383 e. The summed E-state index contributed by atoms with van der Waals surface area (Å²) in [5.74, 6) is 0.602. The Morgan fingerprint density at radius 1 is 1.56 bits per heavy atom. The summed E-state index contributed by atoms with van der Waals surface area (Å²) in [7, 11) is 1.79. The van der Waals surface area contributed by atoms with Crippen LogP contribution in [0.1, 0.15) is 13.8 Å². The van der Waals surface area contributed by atoms with E-state index in [9.17, 15) is 10.1 Å². The standard InChI is InChI=1S/C11H18N4O3/c1-8(2)18-5-4-14(3)11-7-9(15(16)17)6-10(12)13-11/h6-8H,4-5H2,1-3H3,(H2,12,13). The van der Waals surface area contributed by atoms with Gasteiger partial charge in [-0.25, -0.2) is 4.98 Å². The molecule has 18 heavy (non-hydrogen) atoms. The van der Waals surface area contributed by atoms with Crippen LogP contribution >= 0.6 is 0 Å². The first-order valence-corrected chi connectivity index (χ1v) is 5.65. The van der Waals surface area contributed by atoms with Gasteiger partial charge in [-0.1, -0.05) is 0 Å². The molecule has 7 heteroatoms. The van der Waals surface area contributed by atoms with Crippen LogP contribution in [0, 0.1) is 10.1 Å². The van der Waals surface area contributed by atoms with Crippen molar-refractivity contribution in [3.05, 3.63) is 22.2 Å². The maximum atomic E-state index is 10.7. The number of pyridine rings is 1. The van der Waals surface area contributed by atoms with E-state index < -0.39 is 4.92 Å². The molecule has 0 atom stereocenters. The minimum absolute atomic E-state index is 0.0610. The molecule has 1 rings (SSSR count). The maximum Gasteiger partial charge on any atom is 0.276 e. The molecule has 0 aliphatic heterocycles. The second-order valence-corrected chi connectivity index (χ2v) is 4.21. The zero-order valence-corrected chi connectivity index (χ0v) is 10.8. The normalized spacial score (nSPS) is 10.7. The van der Waals surface area contributed by atoms with Gasteiger partial charge in [-0.15, -0.1) is 0 Å². The predicted octanol–water partition coefficient (Wildman–Crippen LogP) is 1.43. The van der Waals surface area contributed by atoms with E-state index in [4.69, 9.17) is 10.5 Å². The smallest absolute Gasteiger partial charge is 0.276 e. The molecule has 0 aliphatic carbocycles. The van der Waals surface area contributed by atoms with E-state index in [1.165, 1.54) is 12.1 Å².